The highest BCUT2D eigenvalue weighted by Crippen LogP contribution is 2.15. The first-order valence-electron chi connectivity index (χ1n) is 6.05. The lowest BCUT2D eigenvalue weighted by atomic mass is 10.3. The van der Waals surface area contributed by atoms with E-state index in [9.17, 15) is 4.79 Å². The van der Waals surface area contributed by atoms with E-state index >= 15 is 0 Å². The van der Waals surface area contributed by atoms with Crippen LogP contribution in [0.5, 0.6) is 5.75 Å². The van der Waals surface area contributed by atoms with Crippen LogP contribution in [0.1, 0.15) is 0 Å². The molecule has 6 heteroatoms. The van der Waals surface area contributed by atoms with Gasteiger partial charge >= 0.3 is 0 Å². The molecule has 0 saturated heterocycles. The summed E-state index contributed by atoms with van der Waals surface area (Å²) in [5.74, 6) is 0.524. The molecule has 0 unspecified atom stereocenters. The van der Waals surface area contributed by atoms with Gasteiger partial charge in [-0.05, 0) is 24.3 Å². The first-order chi connectivity index (χ1) is 9.26. The number of carbonyl (C=O) groups excluding carboxylic acids is 1. The molecule has 0 atom stereocenters. The molecule has 1 rings (SSSR count). The molecular formula is C13H20N2O4. The highest BCUT2D eigenvalue weighted by atomic mass is 16.5. The zero-order chi connectivity index (χ0) is 13.9. The zero-order valence-electron chi connectivity index (χ0n) is 11.1. The number of carbonyl (C=O) groups is 1. The minimum absolute atomic E-state index is 0.00326. The molecule has 0 spiro atoms. The third-order valence-corrected chi connectivity index (χ3v) is 2.19. The van der Waals surface area contributed by atoms with Crippen LogP contribution in [-0.4, -0.2) is 46.0 Å². The Kier molecular flexibility index (Phi) is 7.57. The van der Waals surface area contributed by atoms with Gasteiger partial charge in [-0.3, -0.25) is 4.79 Å². The predicted octanol–water partition coefficient (Wildman–Crippen LogP) is 0.626. The summed E-state index contributed by atoms with van der Waals surface area (Å²) in [5, 5.41) is 2.71. The standard InChI is InChI=1S/C13H20N2O4/c1-17-8-9-19-12-4-2-11(3-5-12)15-13(16)10-18-7-6-14/h2-5H,6-10,14H2,1H3,(H,15,16). The zero-order valence-corrected chi connectivity index (χ0v) is 11.1. The summed E-state index contributed by atoms with van der Waals surface area (Å²) in [5.41, 5.74) is 5.95. The van der Waals surface area contributed by atoms with Crippen LogP contribution in [0.2, 0.25) is 0 Å². The number of hydrogen-bond acceptors (Lipinski definition) is 5. The third-order valence-electron chi connectivity index (χ3n) is 2.19. The second-order valence-electron chi connectivity index (χ2n) is 3.76. The van der Waals surface area contributed by atoms with Crippen LogP contribution in [-0.2, 0) is 14.3 Å². The van der Waals surface area contributed by atoms with E-state index in [1.54, 1.807) is 31.4 Å². The summed E-state index contributed by atoms with van der Waals surface area (Å²) in [6.07, 6.45) is 0. The molecule has 19 heavy (non-hydrogen) atoms. The van der Waals surface area contributed by atoms with Gasteiger partial charge in [-0.25, -0.2) is 0 Å². The third kappa shape index (κ3) is 6.76. The summed E-state index contributed by atoms with van der Waals surface area (Å²) in [6, 6.07) is 7.10. The van der Waals surface area contributed by atoms with Crippen molar-refractivity contribution in [2.24, 2.45) is 5.73 Å². The van der Waals surface area contributed by atoms with Crippen LogP contribution in [0.25, 0.3) is 0 Å². The lowest BCUT2D eigenvalue weighted by Gasteiger charge is -2.08. The Morgan fingerprint density at radius 3 is 2.58 bits per heavy atom. The number of ether oxygens (including phenoxy) is 3. The molecule has 0 saturated carbocycles. The molecule has 0 fully saturated rings. The Bertz CT molecular complexity index is 367. The Hall–Kier alpha value is -1.63. The Morgan fingerprint density at radius 2 is 1.95 bits per heavy atom. The van der Waals surface area contributed by atoms with Crippen molar-refractivity contribution < 1.29 is 19.0 Å². The molecule has 0 aliphatic carbocycles. The molecule has 0 aromatic heterocycles. The lowest BCUT2D eigenvalue weighted by molar-refractivity contribution is -0.120. The number of methoxy groups -OCH3 is 1. The van der Waals surface area contributed by atoms with Gasteiger partial charge in [-0.1, -0.05) is 0 Å². The molecule has 0 heterocycles. The van der Waals surface area contributed by atoms with Crippen molar-refractivity contribution in [3.05, 3.63) is 24.3 Å². The average Bonchev–Trinajstić information content (AvgIpc) is 2.41. The molecule has 0 radical (unpaired) electrons. The largest absolute Gasteiger partial charge is 0.491 e. The van der Waals surface area contributed by atoms with Crippen LogP contribution in [0.3, 0.4) is 0 Å². The topological polar surface area (TPSA) is 82.8 Å². The van der Waals surface area contributed by atoms with Gasteiger partial charge < -0.3 is 25.3 Å². The molecule has 1 aromatic carbocycles. The quantitative estimate of drug-likeness (QED) is 0.642. The van der Waals surface area contributed by atoms with E-state index in [0.717, 1.165) is 5.75 Å². The van der Waals surface area contributed by atoms with Crippen LogP contribution in [0, 0.1) is 0 Å². The van der Waals surface area contributed by atoms with Crippen molar-refractivity contribution in [1.82, 2.24) is 0 Å². The van der Waals surface area contributed by atoms with Crippen molar-refractivity contribution in [3.8, 4) is 5.75 Å². The predicted molar refractivity (Wildman–Crippen MR) is 72.3 cm³/mol. The fourth-order valence-corrected chi connectivity index (χ4v) is 1.32. The van der Waals surface area contributed by atoms with Crippen molar-refractivity contribution in [2.45, 2.75) is 0 Å². The molecule has 1 aromatic rings. The first kappa shape index (κ1) is 15.4. The normalized spacial score (nSPS) is 10.2. The highest BCUT2D eigenvalue weighted by Gasteiger charge is 2.02. The minimum atomic E-state index is -0.207. The van der Waals surface area contributed by atoms with Gasteiger partial charge in [0.25, 0.3) is 0 Å². The first-order valence-corrected chi connectivity index (χ1v) is 6.05. The maximum Gasteiger partial charge on any atom is 0.250 e. The summed E-state index contributed by atoms with van der Waals surface area (Å²) >= 11 is 0. The Morgan fingerprint density at radius 1 is 1.21 bits per heavy atom. The SMILES string of the molecule is COCCOc1ccc(NC(=O)COCCN)cc1. The smallest absolute Gasteiger partial charge is 0.250 e. The second-order valence-corrected chi connectivity index (χ2v) is 3.76. The van der Waals surface area contributed by atoms with Crippen LogP contribution >= 0.6 is 0 Å². The van der Waals surface area contributed by atoms with Crippen LogP contribution < -0.4 is 15.8 Å². The number of amides is 1. The highest BCUT2D eigenvalue weighted by molar-refractivity contribution is 5.91. The molecule has 1 amide bonds. The number of nitrogens with two attached hydrogens (primary N) is 1. The van der Waals surface area contributed by atoms with Crippen LogP contribution in [0.4, 0.5) is 5.69 Å². The molecule has 0 aliphatic rings. The summed E-state index contributed by atoms with van der Waals surface area (Å²) in [7, 11) is 1.62. The van der Waals surface area contributed by atoms with Crippen molar-refractivity contribution >= 4 is 11.6 Å². The van der Waals surface area contributed by atoms with E-state index in [4.69, 9.17) is 19.9 Å². The van der Waals surface area contributed by atoms with E-state index in [1.165, 1.54) is 0 Å². The summed E-state index contributed by atoms with van der Waals surface area (Å²) in [4.78, 5) is 11.5. The van der Waals surface area contributed by atoms with Gasteiger partial charge in [0.1, 0.15) is 19.0 Å². The number of anilines is 1. The van der Waals surface area contributed by atoms with Gasteiger partial charge in [0.2, 0.25) is 5.91 Å². The van der Waals surface area contributed by atoms with Crippen molar-refractivity contribution in [3.63, 3.8) is 0 Å². The fraction of sp³-hybridized carbons (Fsp3) is 0.462. The maximum absolute atomic E-state index is 11.5. The van der Waals surface area contributed by atoms with Crippen molar-refractivity contribution in [1.29, 1.82) is 0 Å². The van der Waals surface area contributed by atoms with E-state index in [-0.39, 0.29) is 12.5 Å². The lowest BCUT2D eigenvalue weighted by Crippen LogP contribution is -2.20. The number of benzene rings is 1. The molecule has 106 valence electrons. The van der Waals surface area contributed by atoms with Crippen LogP contribution in [0.15, 0.2) is 24.3 Å². The molecule has 0 bridgehead atoms. The Balaban J connectivity index is 2.32. The number of hydrogen-bond donors (Lipinski definition) is 2. The average molecular weight is 268 g/mol. The van der Waals surface area contributed by atoms with E-state index in [0.29, 0.717) is 32.1 Å². The van der Waals surface area contributed by atoms with Gasteiger partial charge in [-0.2, -0.15) is 0 Å². The van der Waals surface area contributed by atoms with E-state index < -0.39 is 0 Å². The molecule has 0 aliphatic heterocycles. The maximum atomic E-state index is 11.5. The monoisotopic (exact) mass is 268 g/mol. The number of rotatable bonds is 9. The van der Waals surface area contributed by atoms with Crippen molar-refractivity contribution in [2.75, 3.05) is 45.4 Å². The molecule has 3 N–H and O–H groups in total. The van der Waals surface area contributed by atoms with E-state index in [1.807, 2.05) is 0 Å². The van der Waals surface area contributed by atoms with Gasteiger partial charge in [0.15, 0.2) is 0 Å². The van der Waals surface area contributed by atoms with Gasteiger partial charge in [-0.15, -0.1) is 0 Å². The Labute approximate surface area is 112 Å². The molecule has 6 nitrogen and oxygen atoms in total. The van der Waals surface area contributed by atoms with Gasteiger partial charge in [0.05, 0.1) is 13.2 Å². The fourth-order valence-electron chi connectivity index (χ4n) is 1.32. The second kappa shape index (κ2) is 9.32. The minimum Gasteiger partial charge on any atom is -0.491 e. The van der Waals surface area contributed by atoms with Gasteiger partial charge in [0, 0.05) is 19.3 Å². The summed E-state index contributed by atoms with van der Waals surface area (Å²) in [6.45, 7) is 1.82. The molecular weight excluding hydrogens is 248 g/mol. The number of nitrogens with one attached hydrogen (secondary N) is 1. The van der Waals surface area contributed by atoms with E-state index in [2.05, 4.69) is 5.32 Å². The summed E-state index contributed by atoms with van der Waals surface area (Å²) < 4.78 is 15.3.